The zero-order valence-corrected chi connectivity index (χ0v) is 13.1. The minimum Gasteiger partial charge on any atom is -0.488 e. The summed E-state index contributed by atoms with van der Waals surface area (Å²) in [7, 11) is 0. The summed E-state index contributed by atoms with van der Waals surface area (Å²) in [5.74, 6) is 0.526. The molecule has 0 radical (unpaired) electrons. The van der Waals surface area contributed by atoms with Crippen LogP contribution in [0.15, 0.2) is 34.8 Å². The van der Waals surface area contributed by atoms with E-state index in [-0.39, 0.29) is 12.4 Å². The zero-order valence-electron chi connectivity index (χ0n) is 11.5. The molecule has 0 aliphatic heterocycles. The highest BCUT2D eigenvalue weighted by Gasteiger charge is 2.08. The van der Waals surface area contributed by atoms with Crippen molar-refractivity contribution in [3.8, 4) is 5.75 Å². The predicted octanol–water partition coefficient (Wildman–Crippen LogP) is 4.24. The molecule has 0 amide bonds. The summed E-state index contributed by atoms with van der Waals surface area (Å²) in [6.07, 6.45) is 0. The Morgan fingerprint density at radius 2 is 1.80 bits per heavy atom. The van der Waals surface area contributed by atoms with E-state index in [0.29, 0.717) is 12.1 Å². The maximum absolute atomic E-state index is 13.7. The summed E-state index contributed by atoms with van der Waals surface area (Å²) < 4.78 is 20.2. The van der Waals surface area contributed by atoms with Crippen LogP contribution < -0.4 is 10.5 Å². The van der Waals surface area contributed by atoms with Gasteiger partial charge in [0.2, 0.25) is 0 Å². The highest BCUT2D eigenvalue weighted by atomic mass is 79.9. The molecule has 2 rings (SSSR count). The molecule has 0 heterocycles. The van der Waals surface area contributed by atoms with Gasteiger partial charge in [-0.2, -0.15) is 0 Å². The van der Waals surface area contributed by atoms with Crippen LogP contribution in [-0.4, -0.2) is 0 Å². The molecule has 0 fully saturated rings. The standard InChI is InChI=1S/C16H17BrFNO/c1-10-5-12(8-19)6-11(2)16(10)20-9-13-3-4-14(17)7-15(13)18/h3-7H,8-9,19H2,1-2H3. The minimum atomic E-state index is -0.270. The van der Waals surface area contributed by atoms with E-state index < -0.39 is 0 Å². The topological polar surface area (TPSA) is 35.2 Å². The molecular formula is C16H17BrFNO. The number of aryl methyl sites for hydroxylation is 2. The normalized spacial score (nSPS) is 10.7. The number of rotatable bonds is 4. The Morgan fingerprint density at radius 3 is 2.35 bits per heavy atom. The lowest BCUT2D eigenvalue weighted by Gasteiger charge is -2.14. The van der Waals surface area contributed by atoms with Gasteiger partial charge in [0.15, 0.2) is 0 Å². The third-order valence-corrected chi connectivity index (χ3v) is 3.64. The van der Waals surface area contributed by atoms with Crippen molar-refractivity contribution in [3.05, 3.63) is 62.9 Å². The molecule has 4 heteroatoms. The van der Waals surface area contributed by atoms with Gasteiger partial charge in [0, 0.05) is 16.6 Å². The van der Waals surface area contributed by atoms with Crippen LogP contribution in [0.4, 0.5) is 4.39 Å². The molecule has 106 valence electrons. The van der Waals surface area contributed by atoms with Gasteiger partial charge in [-0.15, -0.1) is 0 Å². The van der Waals surface area contributed by atoms with Crippen molar-refractivity contribution in [1.82, 2.24) is 0 Å². The van der Waals surface area contributed by atoms with E-state index in [4.69, 9.17) is 10.5 Å². The first-order valence-electron chi connectivity index (χ1n) is 6.38. The van der Waals surface area contributed by atoms with Crippen molar-refractivity contribution in [2.75, 3.05) is 0 Å². The highest BCUT2D eigenvalue weighted by molar-refractivity contribution is 9.10. The molecule has 2 aromatic rings. The van der Waals surface area contributed by atoms with Crippen molar-refractivity contribution in [1.29, 1.82) is 0 Å². The van der Waals surface area contributed by atoms with Crippen molar-refractivity contribution < 1.29 is 9.13 Å². The fourth-order valence-electron chi connectivity index (χ4n) is 2.17. The van der Waals surface area contributed by atoms with E-state index in [1.54, 1.807) is 12.1 Å². The van der Waals surface area contributed by atoms with Crippen molar-refractivity contribution >= 4 is 15.9 Å². The Kier molecular flexibility index (Phi) is 4.78. The molecule has 0 aromatic heterocycles. The molecule has 2 aromatic carbocycles. The second-order valence-electron chi connectivity index (χ2n) is 4.79. The number of halogens is 2. The van der Waals surface area contributed by atoms with Crippen molar-refractivity contribution in [3.63, 3.8) is 0 Å². The van der Waals surface area contributed by atoms with E-state index in [0.717, 1.165) is 26.9 Å². The first-order chi connectivity index (χ1) is 9.51. The van der Waals surface area contributed by atoms with Crippen LogP contribution in [0.2, 0.25) is 0 Å². The molecule has 20 heavy (non-hydrogen) atoms. The van der Waals surface area contributed by atoms with Gasteiger partial charge in [-0.1, -0.05) is 34.1 Å². The first-order valence-corrected chi connectivity index (χ1v) is 7.17. The van der Waals surface area contributed by atoms with E-state index in [1.165, 1.54) is 6.07 Å². The lowest BCUT2D eigenvalue weighted by molar-refractivity contribution is 0.295. The molecule has 0 saturated carbocycles. The molecular weight excluding hydrogens is 321 g/mol. The van der Waals surface area contributed by atoms with Crippen LogP contribution in [0.1, 0.15) is 22.3 Å². The molecule has 0 spiro atoms. The lowest BCUT2D eigenvalue weighted by atomic mass is 10.1. The van der Waals surface area contributed by atoms with Gasteiger partial charge >= 0.3 is 0 Å². The maximum atomic E-state index is 13.7. The largest absolute Gasteiger partial charge is 0.488 e. The van der Waals surface area contributed by atoms with E-state index in [1.807, 2.05) is 26.0 Å². The molecule has 0 aliphatic rings. The van der Waals surface area contributed by atoms with Gasteiger partial charge in [-0.05, 0) is 42.7 Å². The molecule has 0 unspecified atom stereocenters. The Bertz CT molecular complexity index is 605. The fourth-order valence-corrected chi connectivity index (χ4v) is 2.51. The van der Waals surface area contributed by atoms with Crippen LogP contribution in [0.3, 0.4) is 0 Å². The van der Waals surface area contributed by atoms with Crippen LogP contribution in [0.5, 0.6) is 5.75 Å². The second-order valence-corrected chi connectivity index (χ2v) is 5.70. The summed E-state index contributed by atoms with van der Waals surface area (Å²) in [4.78, 5) is 0. The number of benzene rings is 2. The van der Waals surface area contributed by atoms with Gasteiger partial charge < -0.3 is 10.5 Å². The van der Waals surface area contributed by atoms with Gasteiger partial charge in [0.1, 0.15) is 18.2 Å². The third kappa shape index (κ3) is 3.38. The Morgan fingerprint density at radius 1 is 1.15 bits per heavy atom. The summed E-state index contributed by atoms with van der Waals surface area (Å²) >= 11 is 3.24. The second kappa shape index (κ2) is 6.37. The van der Waals surface area contributed by atoms with Crippen molar-refractivity contribution in [2.24, 2.45) is 5.73 Å². The number of hydrogen-bond donors (Lipinski definition) is 1. The fraction of sp³-hybridized carbons (Fsp3) is 0.250. The van der Waals surface area contributed by atoms with Gasteiger partial charge in [0.25, 0.3) is 0 Å². The van der Waals surface area contributed by atoms with Crippen molar-refractivity contribution in [2.45, 2.75) is 27.0 Å². The van der Waals surface area contributed by atoms with E-state index in [2.05, 4.69) is 15.9 Å². The smallest absolute Gasteiger partial charge is 0.130 e. The zero-order chi connectivity index (χ0) is 14.7. The molecule has 0 aliphatic carbocycles. The molecule has 0 atom stereocenters. The Labute approximate surface area is 126 Å². The Balaban J connectivity index is 2.19. The average molecular weight is 338 g/mol. The first kappa shape index (κ1) is 15.0. The van der Waals surface area contributed by atoms with Gasteiger partial charge in [-0.3, -0.25) is 0 Å². The predicted molar refractivity (Wildman–Crippen MR) is 82.2 cm³/mol. The third-order valence-electron chi connectivity index (χ3n) is 3.14. The molecule has 2 nitrogen and oxygen atoms in total. The van der Waals surface area contributed by atoms with Crippen LogP contribution in [-0.2, 0) is 13.2 Å². The number of ether oxygens (including phenoxy) is 1. The summed E-state index contributed by atoms with van der Waals surface area (Å²) in [6, 6.07) is 8.97. The minimum absolute atomic E-state index is 0.211. The van der Waals surface area contributed by atoms with Crippen LogP contribution in [0.25, 0.3) is 0 Å². The summed E-state index contributed by atoms with van der Waals surface area (Å²) in [5.41, 5.74) is 9.28. The van der Waals surface area contributed by atoms with E-state index in [9.17, 15) is 4.39 Å². The average Bonchev–Trinajstić information content (AvgIpc) is 2.39. The van der Waals surface area contributed by atoms with E-state index >= 15 is 0 Å². The quantitative estimate of drug-likeness (QED) is 0.905. The highest BCUT2D eigenvalue weighted by Crippen LogP contribution is 2.26. The summed E-state index contributed by atoms with van der Waals surface area (Å²) in [6.45, 7) is 4.66. The number of nitrogens with two attached hydrogens (primary N) is 1. The molecule has 0 bridgehead atoms. The van der Waals surface area contributed by atoms with Gasteiger partial charge in [0.05, 0.1) is 0 Å². The Hall–Kier alpha value is -1.39. The SMILES string of the molecule is Cc1cc(CN)cc(C)c1OCc1ccc(Br)cc1F. The van der Waals surface area contributed by atoms with Gasteiger partial charge in [-0.25, -0.2) is 4.39 Å². The van der Waals surface area contributed by atoms with Crippen LogP contribution >= 0.6 is 15.9 Å². The molecule has 0 saturated heterocycles. The maximum Gasteiger partial charge on any atom is 0.130 e. The lowest BCUT2D eigenvalue weighted by Crippen LogP contribution is -2.03. The number of hydrogen-bond acceptors (Lipinski definition) is 2. The summed E-state index contributed by atoms with van der Waals surface area (Å²) in [5, 5.41) is 0. The monoisotopic (exact) mass is 337 g/mol. The molecule has 2 N–H and O–H groups in total. The van der Waals surface area contributed by atoms with Crippen LogP contribution in [0, 0.1) is 19.7 Å².